The van der Waals surface area contributed by atoms with Gasteiger partial charge in [-0.15, -0.1) is 17.2 Å². The average Bonchev–Trinajstić information content (AvgIpc) is 2.69. The zero-order chi connectivity index (χ0) is 8.93. The van der Waals surface area contributed by atoms with Crippen LogP contribution in [0.3, 0.4) is 0 Å². The molecule has 0 spiro atoms. The van der Waals surface area contributed by atoms with Crippen LogP contribution >= 0.6 is 0 Å². The number of rotatable bonds is 3. The summed E-state index contributed by atoms with van der Waals surface area (Å²) in [6.07, 6.45) is 3.20. The molecule has 0 aliphatic heterocycles. The minimum absolute atomic E-state index is 0. The van der Waals surface area contributed by atoms with E-state index in [9.17, 15) is 0 Å². The minimum Gasteiger partial charge on any atom is -0.429 e. The maximum absolute atomic E-state index is 5.31. The molecule has 4 heteroatoms. The van der Waals surface area contributed by atoms with Gasteiger partial charge in [0.15, 0.2) is 0 Å². The van der Waals surface area contributed by atoms with Crippen LogP contribution in [0.2, 0.25) is 0 Å². The predicted octanol–water partition coefficient (Wildman–Crippen LogP) is -1.68. The summed E-state index contributed by atoms with van der Waals surface area (Å²) in [5.74, 6) is 0. The number of nitrogens with zero attached hydrogens (tertiary/aromatic N) is 2. The molecule has 0 radical (unpaired) electrons. The predicted molar refractivity (Wildman–Crippen MR) is 47.8 cm³/mol. The van der Waals surface area contributed by atoms with Crippen LogP contribution in [0, 0.1) is 6.07 Å². The van der Waals surface area contributed by atoms with Crippen LogP contribution in [-0.4, -0.2) is 9.94 Å². The molecule has 0 amide bonds. The Morgan fingerprint density at radius 2 is 2.07 bits per heavy atom. The van der Waals surface area contributed by atoms with Crippen LogP contribution in [0.25, 0.3) is 0 Å². The van der Waals surface area contributed by atoms with E-state index in [0.29, 0.717) is 6.61 Å². The summed E-state index contributed by atoms with van der Waals surface area (Å²) in [5.41, 5.74) is 1.12. The zero-order valence-corrected chi connectivity index (χ0v) is 8.05. The normalized spacial score (nSPS) is 9.14. The third-order valence-electron chi connectivity index (χ3n) is 1.64. The van der Waals surface area contributed by atoms with Crippen molar-refractivity contribution in [2.45, 2.75) is 6.61 Å². The van der Waals surface area contributed by atoms with Crippen LogP contribution in [0.5, 0.6) is 0 Å². The van der Waals surface area contributed by atoms with Gasteiger partial charge in [-0.25, -0.2) is 0 Å². The van der Waals surface area contributed by atoms with Gasteiger partial charge in [-0.2, -0.15) is 5.10 Å². The van der Waals surface area contributed by atoms with Gasteiger partial charge < -0.3 is 10.9 Å². The van der Waals surface area contributed by atoms with Crippen molar-refractivity contribution in [2.75, 3.05) is 0 Å². The van der Waals surface area contributed by atoms with E-state index < -0.39 is 0 Å². The largest absolute Gasteiger partial charge is 1.00 e. The monoisotopic (exact) mass is 180 g/mol. The molecule has 1 aromatic carbocycles. The molecule has 0 fully saturated rings. The van der Waals surface area contributed by atoms with Crippen LogP contribution < -0.4 is 23.7 Å². The molecule has 2 rings (SSSR count). The van der Waals surface area contributed by atoms with Crippen molar-refractivity contribution in [1.82, 2.24) is 9.94 Å². The number of benzene rings is 1. The molecule has 0 aliphatic rings. The Hall–Kier alpha value is -1.17. The summed E-state index contributed by atoms with van der Waals surface area (Å²) in [5, 5.41) is 3.87. The molecule has 0 atom stereocenters. The van der Waals surface area contributed by atoms with Gasteiger partial charge in [0.25, 0.3) is 0 Å². The van der Waals surface area contributed by atoms with Crippen molar-refractivity contribution in [1.29, 1.82) is 0 Å². The summed E-state index contributed by atoms with van der Waals surface area (Å²) < 4.78 is 0. The van der Waals surface area contributed by atoms with Crippen LogP contribution in [0.15, 0.2) is 42.7 Å². The van der Waals surface area contributed by atoms with Gasteiger partial charge in [-0.3, -0.25) is 0 Å². The van der Waals surface area contributed by atoms with E-state index in [1.165, 1.54) is 4.85 Å². The molecular formula is C10H9LiN2O. The van der Waals surface area contributed by atoms with Gasteiger partial charge in [-0.1, -0.05) is 30.3 Å². The van der Waals surface area contributed by atoms with Crippen molar-refractivity contribution in [3.05, 3.63) is 54.4 Å². The van der Waals surface area contributed by atoms with Gasteiger partial charge in [0.05, 0.1) is 0 Å². The fourth-order valence-corrected chi connectivity index (χ4v) is 1.01. The molecule has 0 unspecified atom stereocenters. The SMILES string of the molecule is [Li+].[c-]1cnn(OCc2ccccc2)c1. The Kier molecular flexibility index (Phi) is 4.31. The maximum Gasteiger partial charge on any atom is 1.00 e. The third kappa shape index (κ3) is 2.95. The van der Waals surface area contributed by atoms with Gasteiger partial charge in [0.2, 0.25) is 0 Å². The summed E-state index contributed by atoms with van der Waals surface area (Å²) in [6.45, 7) is 0.524. The molecule has 14 heavy (non-hydrogen) atoms. The molecule has 0 bridgehead atoms. The Morgan fingerprint density at radius 3 is 2.71 bits per heavy atom. The first kappa shape index (κ1) is 10.9. The van der Waals surface area contributed by atoms with E-state index in [2.05, 4.69) is 11.2 Å². The van der Waals surface area contributed by atoms with Crippen molar-refractivity contribution in [3.8, 4) is 0 Å². The summed E-state index contributed by atoms with van der Waals surface area (Å²) in [6, 6.07) is 12.7. The fourth-order valence-electron chi connectivity index (χ4n) is 1.01. The average molecular weight is 180 g/mol. The van der Waals surface area contributed by atoms with Crippen LogP contribution in [0.1, 0.15) is 5.56 Å². The summed E-state index contributed by atoms with van der Waals surface area (Å²) in [4.78, 5) is 6.70. The molecule has 0 aliphatic carbocycles. The van der Waals surface area contributed by atoms with E-state index in [1.54, 1.807) is 12.4 Å². The quantitative estimate of drug-likeness (QED) is 0.416. The standard InChI is InChI=1S/C10H9N2O.Li/c1-2-5-10(6-3-1)9-13-12-8-4-7-11-12;/h1-3,5-8H,9H2;/q-1;+1. The molecule has 1 aromatic heterocycles. The Labute approximate surface area is 94.8 Å². The molecule has 0 saturated heterocycles. The first-order valence-electron chi connectivity index (χ1n) is 4.03. The fraction of sp³-hybridized carbons (Fsp3) is 0.100. The minimum atomic E-state index is 0. The number of aromatic nitrogens is 2. The first-order chi connectivity index (χ1) is 6.45. The number of hydrogen-bond donors (Lipinski definition) is 0. The van der Waals surface area contributed by atoms with E-state index in [-0.39, 0.29) is 18.9 Å². The van der Waals surface area contributed by atoms with E-state index in [0.717, 1.165) is 5.56 Å². The second-order valence-corrected chi connectivity index (χ2v) is 2.60. The first-order valence-corrected chi connectivity index (χ1v) is 4.03. The smallest absolute Gasteiger partial charge is 0.429 e. The number of hydrogen-bond acceptors (Lipinski definition) is 2. The van der Waals surface area contributed by atoms with Gasteiger partial charge in [0.1, 0.15) is 6.61 Å². The van der Waals surface area contributed by atoms with Crippen molar-refractivity contribution >= 4 is 0 Å². The Bertz CT molecular complexity index is 348. The summed E-state index contributed by atoms with van der Waals surface area (Å²) in [7, 11) is 0. The molecule has 0 N–H and O–H groups in total. The molecule has 1 heterocycles. The van der Waals surface area contributed by atoms with E-state index >= 15 is 0 Å². The Balaban J connectivity index is 0.000000980. The van der Waals surface area contributed by atoms with E-state index in [1.807, 2.05) is 30.3 Å². The molecule has 2 aromatic rings. The molecule has 3 nitrogen and oxygen atoms in total. The molecule has 0 saturated carbocycles. The maximum atomic E-state index is 5.31. The topological polar surface area (TPSA) is 27.1 Å². The zero-order valence-electron chi connectivity index (χ0n) is 8.05. The molecule has 66 valence electrons. The second kappa shape index (κ2) is 5.54. The Morgan fingerprint density at radius 1 is 1.29 bits per heavy atom. The second-order valence-electron chi connectivity index (χ2n) is 2.60. The van der Waals surface area contributed by atoms with Crippen molar-refractivity contribution < 1.29 is 23.7 Å². The van der Waals surface area contributed by atoms with Gasteiger partial charge in [0, 0.05) is 0 Å². The van der Waals surface area contributed by atoms with Crippen LogP contribution in [-0.2, 0) is 6.61 Å². The van der Waals surface area contributed by atoms with E-state index in [4.69, 9.17) is 4.84 Å². The van der Waals surface area contributed by atoms with Crippen molar-refractivity contribution in [2.24, 2.45) is 0 Å². The molecular weight excluding hydrogens is 171 g/mol. The van der Waals surface area contributed by atoms with Crippen molar-refractivity contribution in [3.63, 3.8) is 0 Å². The van der Waals surface area contributed by atoms with Gasteiger partial charge >= 0.3 is 18.9 Å². The van der Waals surface area contributed by atoms with Crippen LogP contribution in [0.4, 0.5) is 0 Å². The third-order valence-corrected chi connectivity index (χ3v) is 1.64. The van der Waals surface area contributed by atoms with Gasteiger partial charge in [-0.05, 0) is 5.56 Å². The summed E-state index contributed by atoms with van der Waals surface area (Å²) >= 11 is 0.